The maximum Gasteiger partial charge on any atom is 0 e. The van der Waals surface area contributed by atoms with Gasteiger partial charge in [-0.05, 0) is 11.0 Å². The monoisotopic (exact) mass is 595 g/mol. The van der Waals surface area contributed by atoms with Gasteiger partial charge in [-0.3, -0.25) is 0 Å². The Hall–Kier alpha value is -1.01. The summed E-state index contributed by atoms with van der Waals surface area (Å²) < 4.78 is 0.851. The van der Waals surface area contributed by atoms with Gasteiger partial charge in [0.25, 0.3) is 0 Å². The van der Waals surface area contributed by atoms with Crippen molar-refractivity contribution in [1.29, 1.82) is 0 Å². The second kappa shape index (κ2) is 14.8. The summed E-state index contributed by atoms with van der Waals surface area (Å²) in [6.07, 6.45) is 0. The van der Waals surface area contributed by atoms with Crippen LogP contribution in [0.4, 0.5) is 0 Å². The van der Waals surface area contributed by atoms with Crippen molar-refractivity contribution in [1.82, 2.24) is 0 Å². The molecule has 36 heavy (non-hydrogen) atoms. The first kappa shape index (κ1) is 35.0. The largest absolute Gasteiger partial charge is 0.799 e. The van der Waals surface area contributed by atoms with Gasteiger partial charge in [0.2, 0.25) is 0 Å². The number of rotatable bonds is 2. The number of hydrogen-bond donors (Lipinski definition) is 0. The van der Waals surface area contributed by atoms with Crippen LogP contribution < -0.4 is 0 Å². The summed E-state index contributed by atoms with van der Waals surface area (Å²) in [5.41, 5.74) is 15.8. The molecule has 4 heteroatoms. The summed E-state index contributed by atoms with van der Waals surface area (Å²) in [5, 5.41) is 9.87. The van der Waals surface area contributed by atoms with Crippen LogP contribution in [0.5, 0.6) is 0 Å². The minimum absolute atomic E-state index is 0. The second-order valence-corrected chi connectivity index (χ2v) is 12.4. The van der Waals surface area contributed by atoms with Crippen LogP contribution in [-0.4, -0.2) is 10.1 Å². The van der Waals surface area contributed by atoms with E-state index >= 15 is 0 Å². The standard InChI is InChI=1S/C12H15NPS.2C10H15.Zr/c1-12(2,3)11(15)14-10(13)9-7-5-4-6-8-9;2*1-6-7(2)9(4)10(5)8(6)3;/h4-8,15H,1-3H3;2*1-5H3;/q-1;-5;-1;/p-1. The quantitative estimate of drug-likeness (QED) is 0.125. The first-order chi connectivity index (χ1) is 16.0. The van der Waals surface area contributed by atoms with Crippen LogP contribution in [0.3, 0.4) is 0 Å². The Kier molecular flexibility index (Phi) is 14.4. The van der Waals surface area contributed by atoms with Crippen LogP contribution in [0.2, 0.25) is 0 Å². The molecule has 3 aromatic rings. The zero-order chi connectivity index (χ0) is 27.2. The Morgan fingerprint density at radius 2 is 1.06 bits per heavy atom. The third-order valence-electron chi connectivity index (χ3n) is 7.51. The predicted octanol–water partition coefficient (Wildman–Crippen LogP) is 9.56. The van der Waals surface area contributed by atoms with Crippen molar-refractivity contribution in [3.63, 3.8) is 0 Å². The molecule has 0 bridgehead atoms. The maximum atomic E-state index is 9.87. The van der Waals surface area contributed by atoms with Crippen LogP contribution in [0, 0.1) is 74.7 Å². The van der Waals surface area contributed by atoms with Gasteiger partial charge in [-0.2, -0.15) is 32.4 Å². The third kappa shape index (κ3) is 9.08. The summed E-state index contributed by atoms with van der Waals surface area (Å²) in [4.78, 5) is 0. The van der Waals surface area contributed by atoms with E-state index in [1.54, 1.807) is 0 Å². The zero-order valence-electron chi connectivity index (χ0n) is 24.7. The molecule has 1 nitrogen and oxygen atoms in total. The van der Waals surface area contributed by atoms with E-state index in [0.29, 0.717) is 5.45 Å². The van der Waals surface area contributed by atoms with Crippen molar-refractivity contribution in [3.05, 3.63) is 96.9 Å². The molecule has 0 atom stereocenters. The van der Waals surface area contributed by atoms with Gasteiger partial charge in [0.1, 0.15) is 0 Å². The molecule has 0 aliphatic heterocycles. The average Bonchev–Trinajstić information content (AvgIpc) is 3.09. The van der Waals surface area contributed by atoms with E-state index in [4.69, 9.17) is 12.6 Å². The average molecular weight is 597 g/mol. The van der Waals surface area contributed by atoms with Crippen molar-refractivity contribution in [3.8, 4) is 0 Å². The molecule has 0 heterocycles. The summed E-state index contributed by atoms with van der Waals surface area (Å²) in [6, 6.07) is 9.50. The van der Waals surface area contributed by atoms with Crippen LogP contribution in [0.1, 0.15) is 82.0 Å². The fourth-order valence-corrected chi connectivity index (χ4v) is 4.79. The number of nitrogens with zero attached hydrogens (tertiary/aromatic N) is 1. The van der Waals surface area contributed by atoms with Gasteiger partial charge in [0.15, 0.2) is 0 Å². The van der Waals surface area contributed by atoms with E-state index in [0.717, 1.165) is 18.4 Å². The molecule has 0 aliphatic carbocycles. The van der Waals surface area contributed by atoms with Crippen molar-refractivity contribution in [2.45, 2.75) is 90.0 Å². The second-order valence-electron chi connectivity index (χ2n) is 10.6. The summed E-state index contributed by atoms with van der Waals surface area (Å²) in [5.74, 6) is 0. The molecule has 0 aliphatic rings. The van der Waals surface area contributed by atoms with Crippen molar-refractivity contribution < 1.29 is 26.2 Å². The molecular weight excluding hydrogens is 553 g/mol. The van der Waals surface area contributed by atoms with Crippen molar-refractivity contribution in [2.24, 2.45) is 5.41 Å². The summed E-state index contributed by atoms with van der Waals surface area (Å²) in [7, 11) is 0.738. The maximum absolute atomic E-state index is 9.87. The van der Waals surface area contributed by atoms with Crippen LogP contribution in [-0.2, 0) is 38.8 Å². The minimum atomic E-state index is -0.0420. The Morgan fingerprint density at radius 3 is 1.31 bits per heavy atom. The molecule has 0 amide bonds. The van der Waals surface area contributed by atoms with E-state index < -0.39 is 0 Å². The Labute approximate surface area is 248 Å². The van der Waals surface area contributed by atoms with Gasteiger partial charge in [0.05, 0.1) is 0 Å². The molecule has 0 saturated heterocycles. The first-order valence-electron chi connectivity index (χ1n) is 12.3. The Bertz CT molecular complexity index is 971. The fourth-order valence-electron chi connectivity index (χ4n) is 3.73. The molecule has 0 saturated carbocycles. The van der Waals surface area contributed by atoms with E-state index in [9.17, 15) is 5.41 Å². The van der Waals surface area contributed by atoms with Gasteiger partial charge in [-0.1, -0.05) is 85.7 Å². The van der Waals surface area contributed by atoms with Gasteiger partial charge in [0, 0.05) is 26.2 Å². The summed E-state index contributed by atoms with van der Waals surface area (Å²) in [6.45, 7) is 28.2. The number of benzene rings is 1. The van der Waals surface area contributed by atoms with Gasteiger partial charge in [-0.15, -0.1) is 13.7 Å². The first-order valence-corrected chi connectivity index (χ1v) is 13.6. The Balaban J connectivity index is 0.000000519. The van der Waals surface area contributed by atoms with Crippen molar-refractivity contribution in [2.75, 3.05) is 0 Å². The third-order valence-corrected chi connectivity index (χ3v) is 9.74. The molecule has 0 aromatic heterocycles. The van der Waals surface area contributed by atoms with Gasteiger partial charge in [-0.25, -0.2) is 34.6 Å². The summed E-state index contributed by atoms with van der Waals surface area (Å²) >= 11 is 5.27. The smallest absolute Gasteiger partial charge is 0 e. The zero-order valence-corrected chi connectivity index (χ0v) is 28.9. The van der Waals surface area contributed by atoms with Crippen LogP contribution in [0.15, 0.2) is 30.3 Å². The van der Waals surface area contributed by atoms with Crippen LogP contribution in [0.25, 0.3) is 5.41 Å². The van der Waals surface area contributed by atoms with E-state index in [1.807, 2.05) is 30.3 Å². The van der Waals surface area contributed by atoms with E-state index in [2.05, 4.69) is 90.0 Å². The van der Waals surface area contributed by atoms with Gasteiger partial charge >= 0.3 is 0 Å². The predicted molar refractivity (Wildman–Crippen MR) is 164 cm³/mol. The number of hydrogen-bond acceptors (Lipinski definition) is 1. The molecule has 0 unspecified atom stereocenters. The minimum Gasteiger partial charge on any atom is -0.799 e. The van der Waals surface area contributed by atoms with Crippen LogP contribution >= 0.6 is 8.20 Å². The van der Waals surface area contributed by atoms with E-state index in [1.165, 1.54) is 55.6 Å². The molecule has 3 rings (SSSR count). The molecule has 0 radical (unpaired) electrons. The van der Waals surface area contributed by atoms with Crippen molar-refractivity contribution >= 4 is 30.9 Å². The topological polar surface area (TPSA) is 22.3 Å². The van der Waals surface area contributed by atoms with Gasteiger partial charge < -0.3 is 45.9 Å². The fraction of sp³-hybridized carbons (Fsp3) is 0.438. The molecule has 3 aromatic carbocycles. The van der Waals surface area contributed by atoms with E-state index in [-0.39, 0.29) is 31.6 Å². The SMILES string of the molecule is CC(C)(C)C([S-])=PC(=[N-])c1ccccc1.C[c-]1[c-](C)[c-](C)[c-](C)[c-]1C.Cc1c(C)c(C)[c-](C)c1C.[Zr]. The molecular formula is C32H44NPSZr-8. The Morgan fingerprint density at radius 1 is 0.722 bits per heavy atom. The molecule has 0 N–H and O–H groups in total. The normalized spacial score (nSPS) is 11.1. The molecule has 0 spiro atoms. The molecule has 0 fully saturated rings. The molecule has 200 valence electrons.